The standard InChI is InChI=1S/C15H28O2/c1-3-5-7-8-10-12-15(17)14(13-16)11-9-6-4-2/h13-14H,3-12H2,1-2H3. The third-order valence-electron chi connectivity index (χ3n) is 3.22. The number of rotatable bonds is 12. The number of hydrogen-bond donors (Lipinski definition) is 0. The molecule has 0 radical (unpaired) electrons. The number of hydrogen-bond acceptors (Lipinski definition) is 2. The number of unbranched alkanes of at least 4 members (excludes halogenated alkanes) is 6. The van der Waals surface area contributed by atoms with E-state index in [0.717, 1.165) is 44.8 Å². The third kappa shape index (κ3) is 9.08. The van der Waals surface area contributed by atoms with Crippen LogP contribution in [0.2, 0.25) is 0 Å². The third-order valence-corrected chi connectivity index (χ3v) is 3.22. The van der Waals surface area contributed by atoms with Crippen LogP contribution in [0.1, 0.15) is 78.1 Å². The highest BCUT2D eigenvalue weighted by Crippen LogP contribution is 2.13. The summed E-state index contributed by atoms with van der Waals surface area (Å²) >= 11 is 0. The fourth-order valence-electron chi connectivity index (χ4n) is 2.01. The summed E-state index contributed by atoms with van der Waals surface area (Å²) in [5.41, 5.74) is 0. The second-order valence-electron chi connectivity index (χ2n) is 4.87. The molecule has 0 aliphatic rings. The van der Waals surface area contributed by atoms with Gasteiger partial charge in [0.25, 0.3) is 0 Å². The zero-order chi connectivity index (χ0) is 12.9. The Bertz CT molecular complexity index is 199. The maximum absolute atomic E-state index is 11.8. The van der Waals surface area contributed by atoms with Gasteiger partial charge in [-0.05, 0) is 12.8 Å². The first-order valence-corrected chi connectivity index (χ1v) is 7.24. The Hall–Kier alpha value is -0.660. The molecule has 0 aromatic rings. The molecule has 2 heteroatoms. The van der Waals surface area contributed by atoms with E-state index in [0.29, 0.717) is 6.42 Å². The van der Waals surface area contributed by atoms with Gasteiger partial charge in [-0.1, -0.05) is 58.8 Å². The van der Waals surface area contributed by atoms with Crippen molar-refractivity contribution in [2.75, 3.05) is 0 Å². The van der Waals surface area contributed by atoms with E-state index < -0.39 is 0 Å². The Labute approximate surface area is 106 Å². The normalized spacial score (nSPS) is 12.4. The van der Waals surface area contributed by atoms with E-state index >= 15 is 0 Å². The summed E-state index contributed by atoms with van der Waals surface area (Å²) in [6.45, 7) is 4.31. The van der Waals surface area contributed by atoms with Crippen LogP contribution in [-0.2, 0) is 9.59 Å². The van der Waals surface area contributed by atoms with Crippen LogP contribution in [0.4, 0.5) is 0 Å². The molecular weight excluding hydrogens is 212 g/mol. The van der Waals surface area contributed by atoms with Crippen molar-refractivity contribution in [3.63, 3.8) is 0 Å². The molecule has 0 aliphatic carbocycles. The summed E-state index contributed by atoms with van der Waals surface area (Å²) in [6.07, 6.45) is 11.2. The lowest BCUT2D eigenvalue weighted by atomic mass is 9.94. The summed E-state index contributed by atoms with van der Waals surface area (Å²) in [4.78, 5) is 22.6. The van der Waals surface area contributed by atoms with Gasteiger partial charge in [0, 0.05) is 6.42 Å². The average molecular weight is 240 g/mol. The van der Waals surface area contributed by atoms with Crippen molar-refractivity contribution in [1.29, 1.82) is 0 Å². The lowest BCUT2D eigenvalue weighted by molar-refractivity contribution is -0.127. The number of Topliss-reactive ketones (excluding diaryl/α,β-unsaturated/α-hetero) is 1. The fourth-order valence-corrected chi connectivity index (χ4v) is 2.01. The van der Waals surface area contributed by atoms with E-state index in [4.69, 9.17) is 0 Å². The van der Waals surface area contributed by atoms with E-state index in [2.05, 4.69) is 13.8 Å². The summed E-state index contributed by atoms with van der Waals surface area (Å²) in [5.74, 6) is -0.166. The van der Waals surface area contributed by atoms with Gasteiger partial charge in [0.05, 0.1) is 5.92 Å². The molecule has 0 aliphatic heterocycles. The Morgan fingerprint density at radius 3 is 2.12 bits per heavy atom. The Morgan fingerprint density at radius 2 is 1.53 bits per heavy atom. The minimum Gasteiger partial charge on any atom is -0.303 e. The average Bonchev–Trinajstić information content (AvgIpc) is 2.34. The first-order chi connectivity index (χ1) is 8.26. The zero-order valence-corrected chi connectivity index (χ0v) is 11.5. The van der Waals surface area contributed by atoms with Crippen LogP contribution in [0.3, 0.4) is 0 Å². The van der Waals surface area contributed by atoms with E-state index in [9.17, 15) is 9.59 Å². The topological polar surface area (TPSA) is 34.1 Å². The van der Waals surface area contributed by atoms with Gasteiger partial charge in [0.1, 0.15) is 12.1 Å². The number of carbonyl (C=O) groups is 2. The van der Waals surface area contributed by atoms with Crippen LogP contribution in [0.25, 0.3) is 0 Å². The summed E-state index contributed by atoms with van der Waals surface area (Å²) in [6, 6.07) is 0. The van der Waals surface area contributed by atoms with Crippen LogP contribution in [-0.4, -0.2) is 12.1 Å². The molecule has 1 unspecified atom stereocenters. The molecule has 0 amide bonds. The predicted octanol–water partition coefficient (Wildman–Crippen LogP) is 4.31. The largest absolute Gasteiger partial charge is 0.303 e. The molecule has 0 saturated carbocycles. The van der Waals surface area contributed by atoms with Crippen LogP contribution in [0.5, 0.6) is 0 Å². The molecule has 0 rings (SSSR count). The second-order valence-corrected chi connectivity index (χ2v) is 4.87. The van der Waals surface area contributed by atoms with Crippen molar-refractivity contribution in [1.82, 2.24) is 0 Å². The van der Waals surface area contributed by atoms with Gasteiger partial charge in [-0.2, -0.15) is 0 Å². The first kappa shape index (κ1) is 16.3. The molecule has 17 heavy (non-hydrogen) atoms. The minimum absolute atomic E-state index is 0.160. The van der Waals surface area contributed by atoms with Gasteiger partial charge < -0.3 is 4.79 Å². The highest BCUT2D eigenvalue weighted by molar-refractivity contribution is 5.93. The van der Waals surface area contributed by atoms with Gasteiger partial charge in [0.15, 0.2) is 0 Å². The van der Waals surface area contributed by atoms with Crippen molar-refractivity contribution in [2.45, 2.75) is 78.1 Å². The van der Waals surface area contributed by atoms with E-state index in [1.165, 1.54) is 19.3 Å². The van der Waals surface area contributed by atoms with Gasteiger partial charge in [-0.25, -0.2) is 0 Å². The summed E-state index contributed by atoms with van der Waals surface area (Å²) < 4.78 is 0. The lowest BCUT2D eigenvalue weighted by Crippen LogP contribution is -2.15. The SMILES string of the molecule is CCCCCCCC(=O)C(C=O)CCCCC. The minimum atomic E-state index is -0.326. The maximum Gasteiger partial charge on any atom is 0.143 e. The van der Waals surface area contributed by atoms with Crippen LogP contribution < -0.4 is 0 Å². The molecule has 100 valence electrons. The second kappa shape index (κ2) is 11.8. The smallest absolute Gasteiger partial charge is 0.143 e. The van der Waals surface area contributed by atoms with Crippen molar-refractivity contribution < 1.29 is 9.59 Å². The molecule has 0 fully saturated rings. The fraction of sp³-hybridized carbons (Fsp3) is 0.867. The molecule has 0 N–H and O–H groups in total. The predicted molar refractivity (Wildman–Crippen MR) is 72.1 cm³/mol. The number of aldehydes is 1. The van der Waals surface area contributed by atoms with Gasteiger partial charge >= 0.3 is 0 Å². The maximum atomic E-state index is 11.8. The number of carbonyl (C=O) groups excluding carboxylic acids is 2. The first-order valence-electron chi connectivity index (χ1n) is 7.24. The Morgan fingerprint density at radius 1 is 0.941 bits per heavy atom. The highest BCUT2D eigenvalue weighted by atomic mass is 16.1. The Balaban J connectivity index is 3.65. The van der Waals surface area contributed by atoms with E-state index in [1.807, 2.05) is 0 Å². The molecule has 0 aromatic heterocycles. The molecule has 0 bridgehead atoms. The van der Waals surface area contributed by atoms with Gasteiger partial charge in [0.2, 0.25) is 0 Å². The van der Waals surface area contributed by atoms with E-state index in [1.54, 1.807) is 0 Å². The molecule has 0 aromatic carbocycles. The van der Waals surface area contributed by atoms with Crippen LogP contribution >= 0.6 is 0 Å². The molecule has 0 heterocycles. The molecule has 0 saturated heterocycles. The molecule has 1 atom stereocenters. The van der Waals surface area contributed by atoms with Crippen LogP contribution in [0, 0.1) is 5.92 Å². The zero-order valence-electron chi connectivity index (χ0n) is 11.5. The van der Waals surface area contributed by atoms with Crippen molar-refractivity contribution in [3.05, 3.63) is 0 Å². The lowest BCUT2D eigenvalue weighted by Gasteiger charge is -2.08. The quantitative estimate of drug-likeness (QED) is 0.289. The van der Waals surface area contributed by atoms with Crippen molar-refractivity contribution in [3.8, 4) is 0 Å². The van der Waals surface area contributed by atoms with Crippen molar-refractivity contribution >= 4 is 12.1 Å². The summed E-state index contributed by atoms with van der Waals surface area (Å²) in [5, 5.41) is 0. The molecule has 2 nitrogen and oxygen atoms in total. The molecular formula is C15H28O2. The van der Waals surface area contributed by atoms with Gasteiger partial charge in [-0.3, -0.25) is 4.79 Å². The van der Waals surface area contributed by atoms with Gasteiger partial charge in [-0.15, -0.1) is 0 Å². The van der Waals surface area contributed by atoms with Crippen LogP contribution in [0.15, 0.2) is 0 Å². The van der Waals surface area contributed by atoms with Crippen molar-refractivity contribution in [2.24, 2.45) is 5.92 Å². The summed E-state index contributed by atoms with van der Waals surface area (Å²) in [7, 11) is 0. The number of ketones is 1. The Kier molecular flexibility index (Phi) is 11.4. The molecule has 0 spiro atoms. The monoisotopic (exact) mass is 240 g/mol. The van der Waals surface area contributed by atoms with E-state index in [-0.39, 0.29) is 11.7 Å². The highest BCUT2D eigenvalue weighted by Gasteiger charge is 2.16.